The summed E-state index contributed by atoms with van der Waals surface area (Å²) in [6, 6.07) is 27.5. The van der Waals surface area contributed by atoms with Gasteiger partial charge < -0.3 is 4.90 Å². The smallest absolute Gasteiger partial charge is 0.170 e. The van der Waals surface area contributed by atoms with Crippen molar-refractivity contribution in [2.24, 2.45) is 0 Å². The first-order chi connectivity index (χ1) is 17.7. The van der Waals surface area contributed by atoms with Gasteiger partial charge in [0.2, 0.25) is 0 Å². The molecule has 0 N–H and O–H groups in total. The van der Waals surface area contributed by atoms with E-state index in [0.717, 1.165) is 53.9 Å². The average Bonchev–Trinajstić information content (AvgIpc) is 3.36. The van der Waals surface area contributed by atoms with Gasteiger partial charge in [-0.25, -0.2) is 15.0 Å². The Balaban J connectivity index is 1.27. The van der Waals surface area contributed by atoms with Gasteiger partial charge >= 0.3 is 0 Å². The third-order valence-electron chi connectivity index (χ3n) is 6.87. The highest BCUT2D eigenvalue weighted by Gasteiger charge is 2.28. The lowest BCUT2D eigenvalue weighted by Gasteiger charge is -2.40. The van der Waals surface area contributed by atoms with Crippen LogP contribution in [0.15, 0.2) is 91.5 Å². The van der Waals surface area contributed by atoms with Crippen molar-refractivity contribution in [3.63, 3.8) is 0 Å². The van der Waals surface area contributed by atoms with Gasteiger partial charge in [-0.05, 0) is 47.9 Å². The molecule has 1 fully saturated rings. The summed E-state index contributed by atoms with van der Waals surface area (Å²) in [6.07, 6.45) is 3.50. The molecule has 6 nitrogen and oxygen atoms in total. The monoisotopic (exact) mass is 494 g/mol. The van der Waals surface area contributed by atoms with E-state index in [9.17, 15) is 0 Å². The number of hydrogen-bond acceptors (Lipinski definition) is 5. The lowest BCUT2D eigenvalue weighted by atomic mass is 9.96. The summed E-state index contributed by atoms with van der Waals surface area (Å²) < 4.78 is 2.04. The van der Waals surface area contributed by atoms with Crippen LogP contribution in [-0.2, 0) is 0 Å². The van der Waals surface area contributed by atoms with E-state index >= 15 is 0 Å². The molecule has 3 aromatic carbocycles. The Labute approximate surface area is 215 Å². The fourth-order valence-electron chi connectivity index (χ4n) is 5.11. The number of benzene rings is 3. The quantitative estimate of drug-likeness (QED) is 0.314. The molecule has 0 bridgehead atoms. The molecule has 6 rings (SSSR count). The zero-order chi connectivity index (χ0) is 24.5. The molecule has 1 atom stereocenters. The lowest BCUT2D eigenvalue weighted by molar-refractivity contribution is 0.212. The topological polar surface area (TPSA) is 50.1 Å². The van der Waals surface area contributed by atoms with E-state index in [1.807, 2.05) is 23.0 Å². The molecule has 0 spiro atoms. The van der Waals surface area contributed by atoms with Gasteiger partial charge in [0.15, 0.2) is 17.0 Å². The number of piperazine rings is 1. The van der Waals surface area contributed by atoms with E-state index in [0.29, 0.717) is 0 Å². The maximum absolute atomic E-state index is 6.19. The molecule has 180 valence electrons. The van der Waals surface area contributed by atoms with Crippen LogP contribution in [0, 0.1) is 6.92 Å². The van der Waals surface area contributed by atoms with Crippen molar-refractivity contribution in [3.05, 3.63) is 113 Å². The van der Waals surface area contributed by atoms with Gasteiger partial charge in [-0.15, -0.1) is 0 Å². The molecule has 5 aromatic rings. The molecule has 1 aliphatic rings. The van der Waals surface area contributed by atoms with E-state index in [4.69, 9.17) is 16.6 Å². The van der Waals surface area contributed by atoms with Crippen LogP contribution in [0.4, 0.5) is 5.82 Å². The maximum Gasteiger partial charge on any atom is 0.170 e. The van der Waals surface area contributed by atoms with Crippen LogP contribution in [0.25, 0.3) is 16.9 Å². The molecule has 2 aromatic heterocycles. The molecular weight excluding hydrogens is 468 g/mol. The summed E-state index contributed by atoms with van der Waals surface area (Å²) in [7, 11) is 0. The standard InChI is InChI=1S/C29H27ClN6/c1-21-6-5-9-25(18-21)36-20-33-26-28(31-19-32-29(26)36)35-16-14-34(15-17-35)27(22-7-3-2-4-8-22)23-10-12-24(30)13-11-23/h2-13,18-20,27H,14-17H2,1H3/t27-/m0/s1. The minimum Gasteiger partial charge on any atom is -0.352 e. The molecule has 7 heteroatoms. The summed E-state index contributed by atoms with van der Waals surface area (Å²) in [6.45, 7) is 5.63. The summed E-state index contributed by atoms with van der Waals surface area (Å²) >= 11 is 6.19. The zero-order valence-electron chi connectivity index (χ0n) is 20.1. The Hall–Kier alpha value is -3.74. The predicted molar refractivity (Wildman–Crippen MR) is 145 cm³/mol. The highest BCUT2D eigenvalue weighted by molar-refractivity contribution is 6.30. The van der Waals surface area contributed by atoms with Crippen LogP contribution in [-0.4, -0.2) is 50.6 Å². The summed E-state index contributed by atoms with van der Waals surface area (Å²) in [5, 5.41) is 0.758. The van der Waals surface area contributed by atoms with Crippen LogP contribution in [0.1, 0.15) is 22.7 Å². The Morgan fingerprint density at radius 3 is 2.28 bits per heavy atom. The number of aromatic nitrogens is 4. The fraction of sp³-hybridized carbons (Fsp3) is 0.207. The van der Waals surface area contributed by atoms with Gasteiger partial charge in [0, 0.05) is 36.9 Å². The Morgan fingerprint density at radius 2 is 1.53 bits per heavy atom. The van der Waals surface area contributed by atoms with Crippen LogP contribution in [0.5, 0.6) is 0 Å². The molecule has 0 aliphatic carbocycles. The van der Waals surface area contributed by atoms with Crippen molar-refractivity contribution in [2.45, 2.75) is 13.0 Å². The minimum absolute atomic E-state index is 0.177. The number of fused-ring (bicyclic) bond motifs is 1. The third kappa shape index (κ3) is 4.34. The van der Waals surface area contributed by atoms with E-state index in [1.165, 1.54) is 16.7 Å². The third-order valence-corrected chi connectivity index (χ3v) is 7.13. The van der Waals surface area contributed by atoms with Crippen LogP contribution >= 0.6 is 11.6 Å². The van der Waals surface area contributed by atoms with Crippen molar-refractivity contribution < 1.29 is 0 Å². The van der Waals surface area contributed by atoms with E-state index in [2.05, 4.69) is 93.4 Å². The summed E-state index contributed by atoms with van der Waals surface area (Å²) in [5.41, 5.74) is 6.46. The zero-order valence-corrected chi connectivity index (χ0v) is 20.9. The summed E-state index contributed by atoms with van der Waals surface area (Å²) in [4.78, 5) is 18.8. The lowest BCUT2D eigenvalue weighted by Crippen LogP contribution is -2.48. The molecule has 1 saturated heterocycles. The van der Waals surface area contributed by atoms with Gasteiger partial charge in [0.05, 0.1) is 6.04 Å². The SMILES string of the molecule is Cc1cccc(-n2cnc3c(N4CCN([C@@H](c5ccccc5)c5ccc(Cl)cc5)CC4)ncnc32)c1. The van der Waals surface area contributed by atoms with Crippen LogP contribution in [0.3, 0.4) is 0 Å². The fourth-order valence-corrected chi connectivity index (χ4v) is 5.23. The first-order valence-electron chi connectivity index (χ1n) is 12.2. The number of rotatable bonds is 5. The van der Waals surface area contributed by atoms with E-state index in [1.54, 1.807) is 6.33 Å². The van der Waals surface area contributed by atoms with E-state index < -0.39 is 0 Å². The van der Waals surface area contributed by atoms with Gasteiger partial charge in [0.1, 0.15) is 12.7 Å². The molecule has 0 amide bonds. The molecule has 0 unspecified atom stereocenters. The number of nitrogens with zero attached hydrogens (tertiary/aromatic N) is 6. The predicted octanol–water partition coefficient (Wildman–Crippen LogP) is 5.69. The van der Waals surface area contributed by atoms with Gasteiger partial charge in [0.25, 0.3) is 0 Å². The first kappa shape index (κ1) is 22.7. The van der Waals surface area contributed by atoms with Crippen molar-refractivity contribution >= 4 is 28.6 Å². The minimum atomic E-state index is 0.177. The Morgan fingerprint density at radius 1 is 0.778 bits per heavy atom. The largest absolute Gasteiger partial charge is 0.352 e. The van der Waals surface area contributed by atoms with Crippen LogP contribution < -0.4 is 4.90 Å². The average molecular weight is 495 g/mol. The molecule has 1 aliphatic heterocycles. The number of hydrogen-bond donors (Lipinski definition) is 0. The molecule has 3 heterocycles. The second-order valence-corrected chi connectivity index (χ2v) is 9.65. The normalized spacial score (nSPS) is 15.3. The van der Waals surface area contributed by atoms with Gasteiger partial charge in [-0.3, -0.25) is 9.47 Å². The maximum atomic E-state index is 6.19. The number of anilines is 1. The number of aryl methyl sites for hydroxylation is 1. The molecule has 0 saturated carbocycles. The van der Waals surface area contributed by atoms with Gasteiger partial charge in [-0.1, -0.05) is 66.2 Å². The summed E-state index contributed by atoms with van der Waals surface area (Å²) in [5.74, 6) is 0.897. The Bertz CT molecular complexity index is 1470. The van der Waals surface area contributed by atoms with Crippen molar-refractivity contribution in [2.75, 3.05) is 31.1 Å². The van der Waals surface area contributed by atoms with Crippen LogP contribution in [0.2, 0.25) is 5.02 Å². The molecule has 36 heavy (non-hydrogen) atoms. The second kappa shape index (κ2) is 9.72. The van der Waals surface area contributed by atoms with E-state index in [-0.39, 0.29) is 6.04 Å². The van der Waals surface area contributed by atoms with Crippen molar-refractivity contribution in [1.82, 2.24) is 24.4 Å². The van der Waals surface area contributed by atoms with Crippen molar-refractivity contribution in [3.8, 4) is 5.69 Å². The second-order valence-electron chi connectivity index (χ2n) is 9.21. The first-order valence-corrected chi connectivity index (χ1v) is 12.6. The Kier molecular flexibility index (Phi) is 6.13. The van der Waals surface area contributed by atoms with Gasteiger partial charge in [-0.2, -0.15) is 0 Å². The highest BCUT2D eigenvalue weighted by atomic mass is 35.5. The highest BCUT2D eigenvalue weighted by Crippen LogP contribution is 2.32. The molecule has 0 radical (unpaired) electrons. The number of halogens is 1. The van der Waals surface area contributed by atoms with Crippen molar-refractivity contribution in [1.29, 1.82) is 0 Å². The molecular formula is C29H27ClN6. The number of imidazole rings is 1.